The number of nitriles is 1. The van der Waals surface area contributed by atoms with Crippen LogP contribution in [0.25, 0.3) is 5.69 Å². The zero-order valence-corrected chi connectivity index (χ0v) is 16.2. The Hall–Kier alpha value is -2.89. The lowest BCUT2D eigenvalue weighted by Gasteiger charge is -2.10. The number of nitrogens with one attached hydrogen (secondary N) is 1. The fourth-order valence-electron chi connectivity index (χ4n) is 2.42. The van der Waals surface area contributed by atoms with Gasteiger partial charge in [-0.05, 0) is 59.7 Å². The summed E-state index contributed by atoms with van der Waals surface area (Å²) in [5.74, 6) is -0.197. The number of nitrogens with zero attached hydrogens (tertiary/aromatic N) is 5. The molecule has 3 rings (SSSR count). The molecule has 0 saturated heterocycles. The number of tetrazole rings is 1. The van der Waals surface area contributed by atoms with E-state index in [9.17, 15) is 4.79 Å². The monoisotopic (exact) mass is 398 g/mol. The van der Waals surface area contributed by atoms with Gasteiger partial charge in [0, 0.05) is 5.02 Å². The van der Waals surface area contributed by atoms with Crippen LogP contribution in [0.2, 0.25) is 5.02 Å². The number of hydrogen-bond donors (Lipinski definition) is 1. The molecule has 136 valence electrons. The molecule has 27 heavy (non-hydrogen) atoms. The van der Waals surface area contributed by atoms with Crippen LogP contribution < -0.4 is 5.32 Å². The number of aromatic nitrogens is 4. The standard InChI is InChI=1S/C18H15ClN6OS/c1-11-4-3-5-16(12(11)2)25-18(22-23-24-25)27-10-17(26)21-15-8-14(19)7-6-13(15)9-20/h3-8H,10H2,1-2H3,(H,21,26). The Kier molecular flexibility index (Phi) is 5.74. The first-order chi connectivity index (χ1) is 13.0. The fourth-order valence-corrected chi connectivity index (χ4v) is 3.27. The number of hydrogen-bond acceptors (Lipinski definition) is 6. The smallest absolute Gasteiger partial charge is 0.234 e. The van der Waals surface area contributed by atoms with E-state index in [1.54, 1.807) is 22.9 Å². The lowest BCUT2D eigenvalue weighted by molar-refractivity contribution is -0.113. The number of thioether (sulfide) groups is 1. The van der Waals surface area contributed by atoms with Crippen molar-refractivity contribution in [1.82, 2.24) is 20.2 Å². The number of anilines is 1. The molecule has 1 heterocycles. The third-order valence-electron chi connectivity index (χ3n) is 3.95. The first-order valence-electron chi connectivity index (χ1n) is 7.97. The summed E-state index contributed by atoms with van der Waals surface area (Å²) in [6.07, 6.45) is 0. The summed E-state index contributed by atoms with van der Waals surface area (Å²) in [6, 6.07) is 12.6. The molecule has 0 fully saturated rings. The van der Waals surface area contributed by atoms with Crippen molar-refractivity contribution < 1.29 is 4.79 Å². The predicted octanol–water partition coefficient (Wildman–Crippen LogP) is 3.54. The van der Waals surface area contributed by atoms with Crippen molar-refractivity contribution in [3.63, 3.8) is 0 Å². The molecule has 1 aromatic heterocycles. The lowest BCUT2D eigenvalue weighted by atomic mass is 10.1. The highest BCUT2D eigenvalue weighted by Gasteiger charge is 2.14. The molecule has 0 unspecified atom stereocenters. The van der Waals surface area contributed by atoms with Gasteiger partial charge in [0.05, 0.1) is 22.7 Å². The zero-order chi connectivity index (χ0) is 19.4. The number of carbonyl (C=O) groups excluding carboxylic acids is 1. The maximum atomic E-state index is 12.3. The third-order valence-corrected chi connectivity index (χ3v) is 5.11. The van der Waals surface area contributed by atoms with E-state index in [4.69, 9.17) is 16.9 Å². The van der Waals surface area contributed by atoms with Crippen molar-refractivity contribution in [1.29, 1.82) is 5.26 Å². The molecule has 1 N–H and O–H groups in total. The lowest BCUT2D eigenvalue weighted by Crippen LogP contribution is -2.15. The SMILES string of the molecule is Cc1cccc(-n2nnnc2SCC(=O)Nc2cc(Cl)ccc2C#N)c1C. The van der Waals surface area contributed by atoms with Crippen LogP contribution in [0.5, 0.6) is 0 Å². The Morgan fingerprint density at radius 1 is 1.33 bits per heavy atom. The quantitative estimate of drug-likeness (QED) is 0.660. The molecule has 0 radical (unpaired) electrons. The summed E-state index contributed by atoms with van der Waals surface area (Å²) < 4.78 is 1.61. The van der Waals surface area contributed by atoms with Gasteiger partial charge >= 0.3 is 0 Å². The molecule has 0 aliphatic heterocycles. The van der Waals surface area contributed by atoms with E-state index < -0.39 is 0 Å². The number of amides is 1. The molecule has 7 nitrogen and oxygen atoms in total. The van der Waals surface area contributed by atoms with Gasteiger partial charge in [0.2, 0.25) is 11.1 Å². The van der Waals surface area contributed by atoms with Crippen molar-refractivity contribution in [2.75, 3.05) is 11.1 Å². The molecule has 0 atom stereocenters. The third kappa shape index (κ3) is 4.27. The van der Waals surface area contributed by atoms with Gasteiger partial charge in [-0.1, -0.05) is 35.5 Å². The van der Waals surface area contributed by atoms with Crippen molar-refractivity contribution >= 4 is 35.0 Å². The number of rotatable bonds is 5. The van der Waals surface area contributed by atoms with Crippen molar-refractivity contribution in [2.24, 2.45) is 0 Å². The van der Waals surface area contributed by atoms with Crippen LogP contribution in [0, 0.1) is 25.2 Å². The van der Waals surface area contributed by atoms with Crippen LogP contribution in [0.1, 0.15) is 16.7 Å². The molecular weight excluding hydrogens is 384 g/mol. The molecular formula is C18H15ClN6OS. The summed E-state index contributed by atoms with van der Waals surface area (Å²) in [5, 5.41) is 24.5. The maximum Gasteiger partial charge on any atom is 0.234 e. The maximum absolute atomic E-state index is 12.3. The Bertz CT molecular complexity index is 1040. The summed E-state index contributed by atoms with van der Waals surface area (Å²) in [4.78, 5) is 12.3. The topological polar surface area (TPSA) is 96.5 Å². The minimum absolute atomic E-state index is 0.0859. The Morgan fingerprint density at radius 2 is 2.15 bits per heavy atom. The van der Waals surface area contributed by atoms with Crippen LogP contribution in [0.15, 0.2) is 41.6 Å². The van der Waals surface area contributed by atoms with Gasteiger partial charge < -0.3 is 5.32 Å². The molecule has 0 aliphatic carbocycles. The van der Waals surface area contributed by atoms with E-state index in [0.29, 0.717) is 21.4 Å². The fraction of sp³-hybridized carbons (Fsp3) is 0.167. The number of benzene rings is 2. The summed E-state index contributed by atoms with van der Waals surface area (Å²) in [7, 11) is 0. The largest absolute Gasteiger partial charge is 0.324 e. The second-order valence-corrected chi connectivity index (χ2v) is 7.11. The highest BCUT2D eigenvalue weighted by atomic mass is 35.5. The minimum Gasteiger partial charge on any atom is -0.324 e. The van der Waals surface area contributed by atoms with Gasteiger partial charge in [0.15, 0.2) is 0 Å². The van der Waals surface area contributed by atoms with E-state index in [1.807, 2.05) is 38.1 Å². The van der Waals surface area contributed by atoms with Crippen LogP contribution in [0.4, 0.5) is 5.69 Å². The molecule has 9 heteroatoms. The minimum atomic E-state index is -0.283. The van der Waals surface area contributed by atoms with Gasteiger partial charge in [-0.25, -0.2) is 0 Å². The molecule has 0 spiro atoms. The number of halogens is 1. The molecule has 3 aromatic rings. The average molecular weight is 399 g/mol. The summed E-state index contributed by atoms with van der Waals surface area (Å²) >= 11 is 7.14. The second kappa shape index (κ2) is 8.20. The second-order valence-electron chi connectivity index (χ2n) is 5.73. The summed E-state index contributed by atoms with van der Waals surface area (Å²) in [6.45, 7) is 4.01. The molecule has 2 aromatic carbocycles. The Morgan fingerprint density at radius 3 is 2.93 bits per heavy atom. The zero-order valence-electron chi connectivity index (χ0n) is 14.6. The van der Waals surface area contributed by atoms with Crippen molar-refractivity contribution in [3.8, 4) is 11.8 Å². The number of aryl methyl sites for hydroxylation is 1. The van der Waals surface area contributed by atoms with Gasteiger partial charge in [0.25, 0.3) is 0 Å². The van der Waals surface area contributed by atoms with Gasteiger partial charge in [-0.2, -0.15) is 9.94 Å². The molecule has 0 bridgehead atoms. The van der Waals surface area contributed by atoms with Crippen LogP contribution >= 0.6 is 23.4 Å². The molecule has 0 saturated carbocycles. The average Bonchev–Trinajstić information content (AvgIpc) is 3.11. The Labute approximate surface area is 165 Å². The van der Waals surface area contributed by atoms with E-state index in [0.717, 1.165) is 16.8 Å². The molecule has 0 aliphatic rings. The van der Waals surface area contributed by atoms with Crippen LogP contribution in [-0.2, 0) is 4.79 Å². The van der Waals surface area contributed by atoms with Crippen LogP contribution in [0.3, 0.4) is 0 Å². The van der Waals surface area contributed by atoms with E-state index in [1.165, 1.54) is 11.8 Å². The van der Waals surface area contributed by atoms with Crippen molar-refractivity contribution in [3.05, 3.63) is 58.1 Å². The highest BCUT2D eigenvalue weighted by molar-refractivity contribution is 7.99. The van der Waals surface area contributed by atoms with Crippen LogP contribution in [-0.4, -0.2) is 31.9 Å². The Balaban J connectivity index is 1.73. The predicted molar refractivity (Wildman–Crippen MR) is 104 cm³/mol. The summed E-state index contributed by atoms with van der Waals surface area (Å²) in [5.41, 5.74) is 3.78. The van der Waals surface area contributed by atoms with E-state index in [-0.39, 0.29) is 11.7 Å². The normalized spacial score (nSPS) is 10.4. The van der Waals surface area contributed by atoms with Gasteiger partial charge in [-0.15, -0.1) is 5.10 Å². The first kappa shape index (κ1) is 18.9. The highest BCUT2D eigenvalue weighted by Crippen LogP contribution is 2.24. The van der Waals surface area contributed by atoms with E-state index >= 15 is 0 Å². The van der Waals surface area contributed by atoms with Gasteiger partial charge in [-0.3, -0.25) is 4.79 Å². The first-order valence-corrected chi connectivity index (χ1v) is 9.33. The number of carbonyl (C=O) groups is 1. The molecule has 1 amide bonds. The van der Waals surface area contributed by atoms with E-state index in [2.05, 4.69) is 20.8 Å². The van der Waals surface area contributed by atoms with Gasteiger partial charge in [0.1, 0.15) is 6.07 Å². The van der Waals surface area contributed by atoms with Crippen molar-refractivity contribution in [2.45, 2.75) is 19.0 Å².